The minimum atomic E-state index is -1.09. The van der Waals surface area contributed by atoms with E-state index in [1.807, 2.05) is 12.1 Å². The van der Waals surface area contributed by atoms with Crippen LogP contribution in [-0.4, -0.2) is 17.0 Å². The van der Waals surface area contributed by atoms with Crippen LogP contribution in [0.2, 0.25) is 5.02 Å². The van der Waals surface area contributed by atoms with Gasteiger partial charge < -0.3 is 10.4 Å². The molecule has 0 radical (unpaired) electrons. The third kappa shape index (κ3) is 3.22. The van der Waals surface area contributed by atoms with Crippen molar-refractivity contribution in [3.8, 4) is 11.1 Å². The molecule has 2 aromatic carbocycles. The maximum absolute atomic E-state index is 13.3. The molecule has 27 heavy (non-hydrogen) atoms. The van der Waals surface area contributed by atoms with Crippen LogP contribution in [0.4, 0.5) is 10.1 Å². The Labute approximate surface area is 163 Å². The predicted octanol–water partition coefficient (Wildman–Crippen LogP) is 5.38. The summed E-state index contributed by atoms with van der Waals surface area (Å²) in [7, 11) is 0. The number of nitrogens with one attached hydrogen (secondary N) is 1. The molecule has 0 bridgehead atoms. The highest BCUT2D eigenvalue weighted by Crippen LogP contribution is 2.49. The van der Waals surface area contributed by atoms with Crippen LogP contribution in [0.5, 0.6) is 0 Å². The van der Waals surface area contributed by atoms with E-state index in [-0.39, 0.29) is 23.1 Å². The fourth-order valence-corrected chi connectivity index (χ4v) is 4.67. The van der Waals surface area contributed by atoms with Gasteiger partial charge >= 0.3 is 5.97 Å². The van der Waals surface area contributed by atoms with Gasteiger partial charge in [-0.15, -0.1) is 11.3 Å². The Kier molecular flexibility index (Phi) is 4.45. The number of aromatic carboxylic acids is 1. The van der Waals surface area contributed by atoms with Gasteiger partial charge in [0.2, 0.25) is 5.91 Å². The number of fused-ring (bicyclic) bond motifs is 1. The summed E-state index contributed by atoms with van der Waals surface area (Å²) in [5.74, 6) is -1.95. The lowest BCUT2D eigenvalue weighted by Gasteiger charge is -2.24. The number of benzene rings is 2. The van der Waals surface area contributed by atoms with Gasteiger partial charge in [0.15, 0.2) is 0 Å². The molecule has 1 amide bonds. The second-order valence-corrected chi connectivity index (χ2v) is 7.70. The molecule has 4 rings (SSSR count). The van der Waals surface area contributed by atoms with E-state index in [1.54, 1.807) is 12.1 Å². The molecule has 2 heterocycles. The highest BCUT2D eigenvalue weighted by molar-refractivity contribution is 7.15. The quantitative estimate of drug-likeness (QED) is 0.619. The van der Waals surface area contributed by atoms with Crippen molar-refractivity contribution in [3.05, 3.63) is 74.7 Å². The summed E-state index contributed by atoms with van der Waals surface area (Å²) in [5.41, 5.74) is 2.33. The first-order chi connectivity index (χ1) is 12.9. The summed E-state index contributed by atoms with van der Waals surface area (Å²) in [5, 5.41) is 13.1. The lowest BCUT2D eigenvalue weighted by molar-refractivity contribution is -0.116. The number of thiophene rings is 1. The third-order valence-electron chi connectivity index (χ3n) is 4.51. The van der Waals surface area contributed by atoms with Crippen molar-refractivity contribution in [1.29, 1.82) is 0 Å². The minimum absolute atomic E-state index is 0.118. The summed E-state index contributed by atoms with van der Waals surface area (Å²) in [6.45, 7) is 0. The third-order valence-corrected chi connectivity index (χ3v) is 6.05. The van der Waals surface area contributed by atoms with E-state index in [0.717, 1.165) is 21.8 Å². The molecule has 1 aliphatic heterocycles. The zero-order valence-corrected chi connectivity index (χ0v) is 15.4. The SMILES string of the molecule is O=C1C[C@@H](c2ccc(Cl)cc2)c2sc(C(=O)O)c(-c3ccc(F)cc3)c2N1. The summed E-state index contributed by atoms with van der Waals surface area (Å²) in [4.78, 5) is 25.1. The lowest BCUT2D eigenvalue weighted by atomic mass is 9.89. The molecule has 3 aromatic rings. The average Bonchev–Trinajstić information content (AvgIpc) is 3.02. The van der Waals surface area contributed by atoms with E-state index >= 15 is 0 Å². The molecular weight excluding hydrogens is 389 g/mol. The number of carbonyl (C=O) groups is 2. The molecule has 1 aromatic heterocycles. The van der Waals surface area contributed by atoms with Crippen LogP contribution in [0.1, 0.15) is 32.5 Å². The van der Waals surface area contributed by atoms with E-state index < -0.39 is 11.8 Å². The lowest BCUT2D eigenvalue weighted by Crippen LogP contribution is -2.22. The van der Waals surface area contributed by atoms with Gasteiger partial charge in [0, 0.05) is 27.8 Å². The second kappa shape index (κ2) is 6.79. The summed E-state index contributed by atoms with van der Waals surface area (Å²) in [6, 6.07) is 12.7. The van der Waals surface area contributed by atoms with Crippen LogP contribution in [0.15, 0.2) is 48.5 Å². The van der Waals surface area contributed by atoms with Crippen molar-refractivity contribution in [2.75, 3.05) is 5.32 Å². The Morgan fingerprint density at radius 2 is 1.81 bits per heavy atom. The van der Waals surface area contributed by atoms with E-state index in [4.69, 9.17) is 11.6 Å². The van der Waals surface area contributed by atoms with Crippen LogP contribution in [0.3, 0.4) is 0 Å². The molecule has 136 valence electrons. The van der Waals surface area contributed by atoms with Crippen LogP contribution in [0.25, 0.3) is 11.1 Å². The molecule has 2 N–H and O–H groups in total. The Morgan fingerprint density at radius 1 is 1.15 bits per heavy atom. The number of hydrogen-bond acceptors (Lipinski definition) is 3. The Hall–Kier alpha value is -2.70. The molecule has 0 saturated carbocycles. The number of halogens is 2. The average molecular weight is 402 g/mol. The van der Waals surface area contributed by atoms with Crippen molar-refractivity contribution in [1.82, 2.24) is 0 Å². The van der Waals surface area contributed by atoms with E-state index in [0.29, 0.717) is 21.8 Å². The topological polar surface area (TPSA) is 66.4 Å². The van der Waals surface area contributed by atoms with E-state index in [2.05, 4.69) is 5.32 Å². The first-order valence-corrected chi connectivity index (χ1v) is 9.34. The number of carboxylic acid groups (broad SMARTS) is 1. The molecule has 4 nitrogen and oxygen atoms in total. The minimum Gasteiger partial charge on any atom is -0.477 e. The highest BCUT2D eigenvalue weighted by atomic mass is 35.5. The number of carbonyl (C=O) groups excluding carboxylic acids is 1. The smallest absolute Gasteiger partial charge is 0.346 e. The molecule has 0 saturated heterocycles. The van der Waals surface area contributed by atoms with Crippen molar-refractivity contribution in [2.24, 2.45) is 0 Å². The normalized spacial score (nSPS) is 15.9. The van der Waals surface area contributed by atoms with E-state index in [1.165, 1.54) is 24.3 Å². The fourth-order valence-electron chi connectivity index (χ4n) is 3.29. The van der Waals surface area contributed by atoms with Crippen LogP contribution < -0.4 is 5.32 Å². The molecule has 0 fully saturated rings. The van der Waals surface area contributed by atoms with Crippen molar-refractivity contribution >= 4 is 40.5 Å². The number of anilines is 1. The zero-order chi connectivity index (χ0) is 19.1. The summed E-state index contributed by atoms with van der Waals surface area (Å²) >= 11 is 7.10. The maximum Gasteiger partial charge on any atom is 0.346 e. The molecule has 0 aliphatic carbocycles. The molecule has 0 spiro atoms. The van der Waals surface area contributed by atoms with Gasteiger partial charge in [0.1, 0.15) is 10.7 Å². The van der Waals surface area contributed by atoms with Gasteiger partial charge in [0.05, 0.1) is 5.69 Å². The number of rotatable bonds is 3. The Bertz CT molecular complexity index is 1040. The van der Waals surface area contributed by atoms with Crippen LogP contribution in [-0.2, 0) is 4.79 Å². The molecule has 1 atom stereocenters. The number of amides is 1. The van der Waals surface area contributed by atoms with Crippen molar-refractivity contribution in [3.63, 3.8) is 0 Å². The Morgan fingerprint density at radius 3 is 2.44 bits per heavy atom. The van der Waals surface area contributed by atoms with Gasteiger partial charge in [0.25, 0.3) is 0 Å². The van der Waals surface area contributed by atoms with Gasteiger partial charge in [-0.05, 0) is 35.4 Å². The monoisotopic (exact) mass is 401 g/mol. The second-order valence-electron chi connectivity index (χ2n) is 6.21. The number of carboxylic acids is 1. The molecule has 7 heteroatoms. The van der Waals surface area contributed by atoms with Gasteiger partial charge in [-0.1, -0.05) is 35.9 Å². The standard InChI is InChI=1S/C20H13ClFNO3S/c21-12-5-1-10(2-6-12)14-9-15(24)23-17-16(11-3-7-13(22)8-4-11)19(20(25)26)27-18(14)17/h1-8,14H,9H2,(H,23,24)(H,25,26)/t14-/m0/s1. The Balaban J connectivity index is 1.92. The molecule has 0 unspecified atom stereocenters. The van der Waals surface area contributed by atoms with Crippen molar-refractivity contribution in [2.45, 2.75) is 12.3 Å². The summed E-state index contributed by atoms with van der Waals surface area (Å²) in [6.07, 6.45) is 0.219. The van der Waals surface area contributed by atoms with Crippen LogP contribution >= 0.6 is 22.9 Å². The van der Waals surface area contributed by atoms with Gasteiger partial charge in [-0.3, -0.25) is 4.79 Å². The zero-order valence-electron chi connectivity index (χ0n) is 13.8. The van der Waals surface area contributed by atoms with E-state index in [9.17, 15) is 19.1 Å². The number of hydrogen-bond donors (Lipinski definition) is 2. The molecular formula is C20H13ClFNO3S. The predicted molar refractivity (Wildman–Crippen MR) is 103 cm³/mol. The molecule has 1 aliphatic rings. The van der Waals surface area contributed by atoms with Gasteiger partial charge in [-0.25, -0.2) is 9.18 Å². The van der Waals surface area contributed by atoms with Crippen LogP contribution in [0, 0.1) is 5.82 Å². The first-order valence-electron chi connectivity index (χ1n) is 8.15. The van der Waals surface area contributed by atoms with Crippen molar-refractivity contribution < 1.29 is 19.1 Å². The van der Waals surface area contributed by atoms with Gasteiger partial charge in [-0.2, -0.15) is 0 Å². The maximum atomic E-state index is 13.3. The largest absolute Gasteiger partial charge is 0.477 e. The summed E-state index contributed by atoms with van der Waals surface area (Å²) < 4.78 is 13.3. The fraction of sp³-hybridized carbons (Fsp3) is 0.100. The highest BCUT2D eigenvalue weighted by Gasteiger charge is 2.34. The first kappa shape index (κ1) is 17.7.